The van der Waals surface area contributed by atoms with Crippen LogP contribution in [-0.4, -0.2) is 41.4 Å². The molecule has 1 aliphatic heterocycles. The van der Waals surface area contributed by atoms with Crippen LogP contribution in [0.2, 0.25) is 0 Å². The second-order valence-corrected chi connectivity index (χ2v) is 10.2. The summed E-state index contributed by atoms with van der Waals surface area (Å²) in [5, 5.41) is 6.99. The molecule has 2 aromatic carbocycles. The summed E-state index contributed by atoms with van der Waals surface area (Å²) >= 11 is 5.94. The average molecular weight is 556 g/mol. The molecule has 1 fully saturated rings. The SMILES string of the molecule is COCC(=O)Nc1cc(N2C(=S)N[C@H](c3ccccn3)[C@@H]2c2cc(C)n(-c3ccc(C)cc3)c2C)ccc1OC. The fraction of sp³-hybridized carbons (Fsp3) is 0.258. The van der Waals surface area contributed by atoms with Crippen LogP contribution < -0.4 is 20.3 Å². The van der Waals surface area contributed by atoms with Gasteiger partial charge in [0, 0.05) is 36.1 Å². The molecule has 206 valence electrons. The first-order valence-corrected chi connectivity index (χ1v) is 13.5. The van der Waals surface area contributed by atoms with Crippen LogP contribution in [0.1, 0.15) is 40.3 Å². The maximum absolute atomic E-state index is 12.4. The normalized spacial score (nSPS) is 16.6. The highest BCUT2D eigenvalue weighted by Gasteiger charge is 2.42. The molecular formula is C31H33N5O3S. The van der Waals surface area contributed by atoms with Crippen LogP contribution in [0, 0.1) is 20.8 Å². The number of pyridine rings is 1. The van der Waals surface area contributed by atoms with E-state index < -0.39 is 0 Å². The molecule has 0 radical (unpaired) electrons. The third kappa shape index (κ3) is 5.17. The van der Waals surface area contributed by atoms with Gasteiger partial charge in [-0.3, -0.25) is 9.78 Å². The van der Waals surface area contributed by atoms with E-state index in [2.05, 4.69) is 76.2 Å². The van der Waals surface area contributed by atoms with Crippen molar-refractivity contribution in [2.45, 2.75) is 32.9 Å². The number of rotatable bonds is 8. The number of methoxy groups -OCH3 is 2. The molecule has 0 bridgehead atoms. The second kappa shape index (κ2) is 11.5. The van der Waals surface area contributed by atoms with Gasteiger partial charge in [0.1, 0.15) is 12.4 Å². The van der Waals surface area contributed by atoms with Crippen LogP contribution in [0.25, 0.3) is 5.69 Å². The van der Waals surface area contributed by atoms with Gasteiger partial charge in [0.2, 0.25) is 5.91 Å². The zero-order chi connectivity index (χ0) is 28.4. The van der Waals surface area contributed by atoms with Crippen LogP contribution in [0.3, 0.4) is 0 Å². The van der Waals surface area contributed by atoms with Crippen molar-refractivity contribution < 1.29 is 14.3 Å². The molecular weight excluding hydrogens is 522 g/mol. The molecule has 4 aromatic rings. The van der Waals surface area contributed by atoms with Gasteiger partial charge in [-0.15, -0.1) is 0 Å². The number of nitrogens with zero attached hydrogens (tertiary/aromatic N) is 3. The fourth-order valence-electron chi connectivity index (χ4n) is 5.39. The van der Waals surface area contributed by atoms with Gasteiger partial charge < -0.3 is 29.6 Å². The van der Waals surface area contributed by atoms with E-state index in [0.29, 0.717) is 16.5 Å². The first-order valence-electron chi connectivity index (χ1n) is 13.1. The minimum absolute atomic E-state index is 0.0631. The van der Waals surface area contributed by atoms with E-state index in [1.165, 1.54) is 12.7 Å². The standard InChI is InChI=1S/C31H33N5O3S/c1-19-9-11-22(12-10-19)35-20(2)16-24(21(35)3)30-29(25-8-6-7-15-32-25)34-31(40)36(30)23-13-14-27(39-5)26(17-23)33-28(37)18-38-4/h6-17,29-30H,18H2,1-5H3,(H,33,37)(H,34,40)/t29-,30+/m1/s1. The number of carbonyl (C=O) groups excluding carboxylic acids is 1. The molecule has 8 nitrogen and oxygen atoms in total. The Hall–Kier alpha value is -4.21. The number of aromatic nitrogens is 2. The van der Waals surface area contributed by atoms with Crippen molar-refractivity contribution in [3.63, 3.8) is 0 Å². The molecule has 2 aromatic heterocycles. The lowest BCUT2D eigenvalue weighted by Crippen LogP contribution is -2.29. The summed E-state index contributed by atoms with van der Waals surface area (Å²) in [6, 6.07) is 21.9. The van der Waals surface area contributed by atoms with Gasteiger partial charge in [-0.25, -0.2) is 0 Å². The highest BCUT2D eigenvalue weighted by atomic mass is 32.1. The highest BCUT2D eigenvalue weighted by molar-refractivity contribution is 7.80. The van der Waals surface area contributed by atoms with E-state index in [1.54, 1.807) is 13.3 Å². The minimum Gasteiger partial charge on any atom is -0.495 e. The number of aryl methyl sites for hydroxylation is 2. The zero-order valence-corrected chi connectivity index (χ0v) is 24.1. The number of benzene rings is 2. The van der Waals surface area contributed by atoms with Gasteiger partial charge in [0.15, 0.2) is 5.11 Å². The van der Waals surface area contributed by atoms with Gasteiger partial charge >= 0.3 is 0 Å². The molecule has 0 aliphatic carbocycles. The molecule has 3 heterocycles. The topological polar surface area (TPSA) is 80.7 Å². The Kier molecular flexibility index (Phi) is 7.86. The maximum Gasteiger partial charge on any atom is 0.250 e. The van der Waals surface area contributed by atoms with Crippen molar-refractivity contribution >= 4 is 34.6 Å². The van der Waals surface area contributed by atoms with Crippen molar-refractivity contribution in [1.82, 2.24) is 14.9 Å². The van der Waals surface area contributed by atoms with Crippen LogP contribution in [0.15, 0.2) is 72.9 Å². The Morgan fingerprint density at radius 3 is 2.45 bits per heavy atom. The van der Waals surface area contributed by atoms with E-state index in [1.807, 2.05) is 36.4 Å². The van der Waals surface area contributed by atoms with Gasteiger partial charge in [-0.1, -0.05) is 23.8 Å². The number of carbonyl (C=O) groups is 1. The van der Waals surface area contributed by atoms with E-state index >= 15 is 0 Å². The smallest absolute Gasteiger partial charge is 0.250 e. The fourth-order valence-corrected chi connectivity index (χ4v) is 5.73. The molecule has 2 atom stereocenters. The lowest BCUT2D eigenvalue weighted by molar-refractivity contribution is -0.119. The van der Waals surface area contributed by atoms with Gasteiger partial charge in [0.25, 0.3) is 0 Å². The predicted molar refractivity (Wildman–Crippen MR) is 161 cm³/mol. The largest absolute Gasteiger partial charge is 0.495 e. The molecule has 1 saturated heterocycles. The summed E-state index contributed by atoms with van der Waals surface area (Å²) in [4.78, 5) is 19.2. The number of hydrogen-bond donors (Lipinski definition) is 2. The molecule has 1 aliphatic rings. The summed E-state index contributed by atoms with van der Waals surface area (Å²) in [5.41, 5.74) is 7.92. The first kappa shape index (κ1) is 27.4. The minimum atomic E-state index is -0.273. The quantitative estimate of drug-likeness (QED) is 0.275. The number of thiocarbonyl (C=S) groups is 1. The van der Waals surface area contributed by atoms with Gasteiger partial charge in [0.05, 0.1) is 30.6 Å². The number of nitrogens with one attached hydrogen (secondary N) is 2. The predicted octanol–water partition coefficient (Wildman–Crippen LogP) is 5.57. The van der Waals surface area contributed by atoms with Crippen molar-refractivity contribution in [3.8, 4) is 11.4 Å². The zero-order valence-electron chi connectivity index (χ0n) is 23.3. The van der Waals surface area contributed by atoms with E-state index in [0.717, 1.165) is 34.0 Å². The van der Waals surface area contributed by atoms with Crippen LogP contribution in [0.4, 0.5) is 11.4 Å². The Morgan fingerprint density at radius 2 is 1.77 bits per heavy atom. The van der Waals surface area contributed by atoms with Crippen LogP contribution >= 0.6 is 12.2 Å². The van der Waals surface area contributed by atoms with E-state index in [-0.39, 0.29) is 24.6 Å². The molecule has 0 spiro atoms. The lowest BCUT2D eigenvalue weighted by Gasteiger charge is -2.29. The Balaban J connectivity index is 1.64. The van der Waals surface area contributed by atoms with Crippen molar-refractivity contribution in [2.24, 2.45) is 0 Å². The third-order valence-electron chi connectivity index (χ3n) is 7.19. The first-order chi connectivity index (χ1) is 19.3. The Bertz CT molecular complexity index is 1530. The summed E-state index contributed by atoms with van der Waals surface area (Å²) in [5.74, 6) is 0.270. The number of anilines is 2. The molecule has 9 heteroatoms. The van der Waals surface area contributed by atoms with Gasteiger partial charge in [-0.2, -0.15) is 0 Å². The average Bonchev–Trinajstić information content (AvgIpc) is 3.44. The Labute approximate surface area is 239 Å². The summed E-state index contributed by atoms with van der Waals surface area (Å²) in [6.45, 7) is 6.29. The molecule has 1 amide bonds. The summed E-state index contributed by atoms with van der Waals surface area (Å²) < 4.78 is 12.8. The summed E-state index contributed by atoms with van der Waals surface area (Å²) in [6.07, 6.45) is 1.80. The number of hydrogen-bond acceptors (Lipinski definition) is 5. The molecule has 0 unspecified atom stereocenters. The van der Waals surface area contributed by atoms with E-state index in [9.17, 15) is 4.79 Å². The van der Waals surface area contributed by atoms with Crippen molar-refractivity contribution in [3.05, 3.63) is 101 Å². The molecule has 5 rings (SSSR count). The summed E-state index contributed by atoms with van der Waals surface area (Å²) in [7, 11) is 3.06. The van der Waals surface area contributed by atoms with Crippen LogP contribution in [0.5, 0.6) is 5.75 Å². The molecule has 2 N–H and O–H groups in total. The lowest BCUT2D eigenvalue weighted by atomic mass is 9.96. The maximum atomic E-state index is 12.4. The number of amides is 1. The second-order valence-electron chi connectivity index (χ2n) is 9.86. The third-order valence-corrected chi connectivity index (χ3v) is 7.50. The van der Waals surface area contributed by atoms with Crippen molar-refractivity contribution in [1.29, 1.82) is 0 Å². The molecule has 40 heavy (non-hydrogen) atoms. The Morgan fingerprint density at radius 1 is 1.02 bits per heavy atom. The monoisotopic (exact) mass is 555 g/mol. The van der Waals surface area contributed by atoms with Crippen molar-refractivity contribution in [2.75, 3.05) is 31.0 Å². The van der Waals surface area contributed by atoms with Gasteiger partial charge in [-0.05, 0) is 87.1 Å². The van der Waals surface area contributed by atoms with E-state index in [4.69, 9.17) is 21.7 Å². The highest BCUT2D eigenvalue weighted by Crippen LogP contribution is 2.45. The molecule has 0 saturated carbocycles. The van der Waals surface area contributed by atoms with Crippen LogP contribution in [-0.2, 0) is 9.53 Å². The number of ether oxygens (including phenoxy) is 2.